The molecule has 1 unspecified atom stereocenters. The first kappa shape index (κ1) is 15.5. The fourth-order valence-electron chi connectivity index (χ4n) is 1.41. The largest absolute Gasteiger partial charge is 0.383 e. The molecule has 6 nitrogen and oxygen atoms in total. The van der Waals surface area contributed by atoms with Gasteiger partial charge in [0.05, 0.1) is 23.6 Å². The van der Waals surface area contributed by atoms with Gasteiger partial charge in [-0.05, 0) is 6.07 Å². The topological polar surface area (TPSA) is 81.5 Å². The minimum atomic E-state index is -0.832. The Hall–Kier alpha value is -1.54. The van der Waals surface area contributed by atoms with E-state index in [-0.39, 0.29) is 18.2 Å². The molecule has 0 saturated heterocycles. The summed E-state index contributed by atoms with van der Waals surface area (Å²) >= 11 is 3.19. The molecule has 0 radical (unpaired) electrons. The summed E-state index contributed by atoms with van der Waals surface area (Å²) in [6.45, 7) is 0.272. The van der Waals surface area contributed by atoms with Crippen LogP contribution in [0.2, 0.25) is 0 Å². The fraction of sp³-hybridized carbons (Fsp3) is 0.364. The summed E-state index contributed by atoms with van der Waals surface area (Å²) in [6, 6.07) is 2.42. The summed E-state index contributed by atoms with van der Waals surface area (Å²) in [4.78, 5) is 21.7. The lowest BCUT2D eigenvalue weighted by Gasteiger charge is -2.15. The molecule has 0 bridgehead atoms. The molecular weight excluding hydrogens is 323 g/mol. The number of carbonyl (C=O) groups is 1. The Morgan fingerprint density at radius 1 is 1.58 bits per heavy atom. The van der Waals surface area contributed by atoms with Crippen LogP contribution in [0, 0.1) is 15.9 Å². The molecule has 1 atom stereocenters. The van der Waals surface area contributed by atoms with E-state index in [9.17, 15) is 19.3 Å². The molecule has 0 aliphatic heterocycles. The van der Waals surface area contributed by atoms with Crippen LogP contribution in [-0.2, 0) is 4.74 Å². The van der Waals surface area contributed by atoms with Gasteiger partial charge in [-0.3, -0.25) is 14.9 Å². The SMILES string of the molecule is COCC(CBr)NC(=O)c1cc(F)cc([N+](=O)[O-])c1. The first-order valence-corrected chi connectivity index (χ1v) is 6.40. The Morgan fingerprint density at radius 2 is 2.26 bits per heavy atom. The zero-order valence-corrected chi connectivity index (χ0v) is 11.6. The van der Waals surface area contributed by atoms with Crippen molar-refractivity contribution in [3.8, 4) is 0 Å². The highest BCUT2D eigenvalue weighted by Crippen LogP contribution is 2.16. The Bertz CT molecular complexity index is 484. The molecule has 104 valence electrons. The number of nitrogens with one attached hydrogen (secondary N) is 1. The van der Waals surface area contributed by atoms with E-state index >= 15 is 0 Å². The molecule has 0 aliphatic rings. The van der Waals surface area contributed by atoms with E-state index in [1.54, 1.807) is 0 Å². The van der Waals surface area contributed by atoms with Crippen LogP contribution in [0.3, 0.4) is 0 Å². The molecule has 0 saturated carbocycles. The van der Waals surface area contributed by atoms with Gasteiger partial charge < -0.3 is 10.1 Å². The van der Waals surface area contributed by atoms with Crippen molar-refractivity contribution in [3.05, 3.63) is 39.7 Å². The zero-order chi connectivity index (χ0) is 14.4. The van der Waals surface area contributed by atoms with Crippen molar-refractivity contribution in [3.63, 3.8) is 0 Å². The number of rotatable bonds is 6. The molecular formula is C11H12BrFN2O4. The van der Waals surface area contributed by atoms with E-state index in [4.69, 9.17) is 4.74 Å². The molecule has 1 aromatic rings. The minimum absolute atomic E-state index is 0.103. The van der Waals surface area contributed by atoms with Crippen LogP contribution in [0.25, 0.3) is 0 Å². The van der Waals surface area contributed by atoms with Gasteiger partial charge in [0.1, 0.15) is 5.82 Å². The zero-order valence-electron chi connectivity index (χ0n) is 10.1. The van der Waals surface area contributed by atoms with Crippen LogP contribution in [0.1, 0.15) is 10.4 Å². The lowest BCUT2D eigenvalue weighted by atomic mass is 10.1. The highest BCUT2D eigenvalue weighted by molar-refractivity contribution is 9.09. The van der Waals surface area contributed by atoms with Crippen LogP contribution in [0.15, 0.2) is 18.2 Å². The lowest BCUT2D eigenvalue weighted by Crippen LogP contribution is -2.39. The maximum absolute atomic E-state index is 13.2. The van der Waals surface area contributed by atoms with E-state index in [0.29, 0.717) is 5.33 Å². The summed E-state index contributed by atoms with van der Waals surface area (Å²) in [5.41, 5.74) is -0.568. The molecule has 1 N–H and O–H groups in total. The number of methoxy groups -OCH3 is 1. The van der Waals surface area contributed by atoms with Gasteiger partial charge in [-0.2, -0.15) is 0 Å². The smallest absolute Gasteiger partial charge is 0.273 e. The molecule has 0 aliphatic carbocycles. The number of hydrogen-bond acceptors (Lipinski definition) is 4. The van der Waals surface area contributed by atoms with E-state index in [0.717, 1.165) is 18.2 Å². The average Bonchev–Trinajstić information content (AvgIpc) is 2.37. The average molecular weight is 335 g/mol. The second-order valence-electron chi connectivity index (χ2n) is 3.74. The predicted molar refractivity (Wildman–Crippen MR) is 70.0 cm³/mol. The third-order valence-electron chi connectivity index (χ3n) is 2.24. The van der Waals surface area contributed by atoms with Crippen molar-refractivity contribution in [2.45, 2.75) is 6.04 Å². The Morgan fingerprint density at radius 3 is 2.79 bits per heavy atom. The standard InChI is InChI=1S/C11H12BrFN2O4/c1-19-6-9(5-12)14-11(16)7-2-8(13)4-10(3-7)15(17)18/h2-4,9H,5-6H2,1H3,(H,14,16). The van der Waals surface area contributed by atoms with E-state index < -0.39 is 22.3 Å². The van der Waals surface area contributed by atoms with Gasteiger partial charge in [0.15, 0.2) is 0 Å². The van der Waals surface area contributed by atoms with Crippen molar-refractivity contribution in [2.24, 2.45) is 0 Å². The molecule has 1 aromatic carbocycles. The highest BCUT2D eigenvalue weighted by Gasteiger charge is 2.17. The van der Waals surface area contributed by atoms with Crippen LogP contribution in [-0.4, -0.2) is 35.9 Å². The molecule has 0 spiro atoms. The predicted octanol–water partition coefficient (Wildman–Crippen LogP) is 1.87. The summed E-state index contributed by atoms with van der Waals surface area (Å²) in [7, 11) is 1.48. The molecule has 19 heavy (non-hydrogen) atoms. The number of benzene rings is 1. The fourth-order valence-corrected chi connectivity index (χ4v) is 1.75. The normalized spacial score (nSPS) is 11.9. The highest BCUT2D eigenvalue weighted by atomic mass is 79.9. The Balaban J connectivity index is 2.90. The first-order valence-electron chi connectivity index (χ1n) is 5.28. The summed E-state index contributed by atoms with van der Waals surface area (Å²) in [5, 5.41) is 13.6. The van der Waals surface area contributed by atoms with Crippen LogP contribution < -0.4 is 5.32 Å². The number of nitrogens with zero attached hydrogens (tertiary/aromatic N) is 1. The van der Waals surface area contributed by atoms with Crippen molar-refractivity contribution >= 4 is 27.5 Å². The van der Waals surface area contributed by atoms with Gasteiger partial charge in [-0.15, -0.1) is 0 Å². The van der Waals surface area contributed by atoms with Crippen molar-refractivity contribution in [1.29, 1.82) is 0 Å². The molecule has 8 heteroatoms. The van der Waals surface area contributed by atoms with Crippen LogP contribution in [0.4, 0.5) is 10.1 Å². The molecule has 0 fully saturated rings. The maximum atomic E-state index is 13.2. The minimum Gasteiger partial charge on any atom is -0.383 e. The van der Waals surface area contributed by atoms with Gasteiger partial charge in [-0.1, -0.05) is 15.9 Å². The number of non-ortho nitro benzene ring substituents is 1. The number of carbonyl (C=O) groups excluding carboxylic acids is 1. The molecule has 1 amide bonds. The van der Waals surface area contributed by atoms with E-state index in [1.807, 2.05) is 0 Å². The number of nitro groups is 1. The van der Waals surface area contributed by atoms with E-state index in [1.165, 1.54) is 7.11 Å². The molecule has 0 aromatic heterocycles. The number of nitro benzene ring substituents is 1. The van der Waals surface area contributed by atoms with Gasteiger partial charge in [0.25, 0.3) is 11.6 Å². The summed E-state index contributed by atoms with van der Waals surface area (Å²) in [6.07, 6.45) is 0. The third kappa shape index (κ3) is 4.56. The van der Waals surface area contributed by atoms with Crippen LogP contribution >= 0.6 is 15.9 Å². The first-order chi connectivity index (χ1) is 8.97. The number of hydrogen-bond donors (Lipinski definition) is 1. The molecule has 1 rings (SSSR count). The number of alkyl halides is 1. The third-order valence-corrected chi connectivity index (χ3v) is 3.03. The number of ether oxygens (including phenoxy) is 1. The van der Waals surface area contributed by atoms with Gasteiger partial charge in [0.2, 0.25) is 0 Å². The maximum Gasteiger partial charge on any atom is 0.273 e. The summed E-state index contributed by atoms with van der Waals surface area (Å²) < 4.78 is 18.1. The monoisotopic (exact) mass is 334 g/mol. The van der Waals surface area contributed by atoms with Crippen molar-refractivity contribution < 1.29 is 18.8 Å². The van der Waals surface area contributed by atoms with E-state index in [2.05, 4.69) is 21.2 Å². The second kappa shape index (κ2) is 7.15. The Kier molecular flexibility index (Phi) is 5.84. The number of halogens is 2. The van der Waals surface area contributed by atoms with Crippen molar-refractivity contribution in [1.82, 2.24) is 5.32 Å². The van der Waals surface area contributed by atoms with Gasteiger partial charge >= 0.3 is 0 Å². The van der Waals surface area contributed by atoms with Gasteiger partial charge in [0, 0.05) is 24.1 Å². The second-order valence-corrected chi connectivity index (χ2v) is 4.38. The summed E-state index contributed by atoms with van der Waals surface area (Å²) in [5.74, 6) is -1.43. The quantitative estimate of drug-likeness (QED) is 0.489. The van der Waals surface area contributed by atoms with Gasteiger partial charge in [-0.25, -0.2) is 4.39 Å². The van der Waals surface area contributed by atoms with Crippen LogP contribution in [0.5, 0.6) is 0 Å². The number of amides is 1. The molecule has 0 heterocycles. The Labute approximate surface area is 117 Å². The lowest BCUT2D eigenvalue weighted by molar-refractivity contribution is -0.385. The van der Waals surface area contributed by atoms with Crippen molar-refractivity contribution in [2.75, 3.05) is 19.0 Å².